The second-order valence-corrected chi connectivity index (χ2v) is 11.9. The lowest BCUT2D eigenvalue weighted by atomic mass is 9.84. The average Bonchev–Trinajstić information content (AvgIpc) is 3.49. The fraction of sp³-hybridized carbons (Fsp3) is 0.441. The number of fused-ring (bicyclic) bond motifs is 1. The molecule has 0 unspecified atom stereocenters. The number of ketones is 1. The first kappa shape index (κ1) is 31.0. The Morgan fingerprint density at radius 1 is 0.841 bits per heavy atom. The molecule has 2 aliphatic rings. The number of Topliss-reactive ketones (excluding diaryl/α,β-unsaturated/α-hetero) is 1. The summed E-state index contributed by atoms with van der Waals surface area (Å²) in [7, 11) is 0. The minimum absolute atomic E-state index is 0.0111. The summed E-state index contributed by atoms with van der Waals surface area (Å²) in [5, 5.41) is 11.8. The van der Waals surface area contributed by atoms with E-state index in [-0.39, 0.29) is 30.6 Å². The SMILES string of the molecule is O=C(NCc1ccccc1)C(=O)[C@H](C[C@@H]1CCCNC1=O)NC(=O)[C@@H](CC1CCCCC1)NC(=O)c1cc2ccccc2o1. The van der Waals surface area contributed by atoms with Crippen LogP contribution in [0.25, 0.3) is 11.0 Å². The molecule has 3 aromatic rings. The summed E-state index contributed by atoms with van der Waals surface area (Å²) in [5.74, 6) is -3.19. The molecule has 2 aromatic carbocycles. The van der Waals surface area contributed by atoms with E-state index in [0.29, 0.717) is 25.0 Å². The second-order valence-electron chi connectivity index (χ2n) is 11.9. The van der Waals surface area contributed by atoms with E-state index in [9.17, 15) is 24.0 Å². The van der Waals surface area contributed by atoms with E-state index in [1.165, 1.54) is 0 Å². The van der Waals surface area contributed by atoms with Crippen molar-refractivity contribution in [2.75, 3.05) is 6.54 Å². The Kier molecular flexibility index (Phi) is 10.4. The minimum atomic E-state index is -1.23. The molecular formula is C34H40N4O6. The highest BCUT2D eigenvalue weighted by atomic mass is 16.3. The molecular weight excluding hydrogens is 560 g/mol. The van der Waals surface area contributed by atoms with Crippen molar-refractivity contribution in [3.05, 3.63) is 72.0 Å². The van der Waals surface area contributed by atoms with Gasteiger partial charge in [-0.15, -0.1) is 0 Å². The summed E-state index contributed by atoms with van der Waals surface area (Å²) in [4.78, 5) is 66.2. The van der Waals surface area contributed by atoms with Crippen molar-refractivity contribution in [2.24, 2.45) is 11.8 Å². The van der Waals surface area contributed by atoms with Gasteiger partial charge in [0.05, 0.1) is 6.04 Å². The molecule has 10 nitrogen and oxygen atoms in total. The lowest BCUT2D eigenvalue weighted by Crippen LogP contribution is -2.55. The van der Waals surface area contributed by atoms with Crippen LogP contribution < -0.4 is 21.3 Å². The van der Waals surface area contributed by atoms with Crippen LogP contribution in [0.2, 0.25) is 0 Å². The van der Waals surface area contributed by atoms with Crippen molar-refractivity contribution in [3.63, 3.8) is 0 Å². The van der Waals surface area contributed by atoms with Crippen LogP contribution in [0.4, 0.5) is 0 Å². The maximum Gasteiger partial charge on any atom is 0.289 e. The number of para-hydroxylation sites is 1. The lowest BCUT2D eigenvalue weighted by molar-refractivity contribution is -0.141. The predicted octanol–water partition coefficient (Wildman–Crippen LogP) is 3.79. The van der Waals surface area contributed by atoms with Crippen molar-refractivity contribution >= 4 is 40.4 Å². The van der Waals surface area contributed by atoms with Crippen LogP contribution in [0.15, 0.2) is 65.1 Å². The van der Waals surface area contributed by atoms with Gasteiger partial charge in [-0.2, -0.15) is 0 Å². The quantitative estimate of drug-likeness (QED) is 0.233. The van der Waals surface area contributed by atoms with Gasteiger partial charge in [-0.3, -0.25) is 24.0 Å². The second kappa shape index (κ2) is 14.8. The van der Waals surface area contributed by atoms with Crippen LogP contribution in [0.5, 0.6) is 0 Å². The average molecular weight is 601 g/mol. The Morgan fingerprint density at radius 3 is 2.34 bits per heavy atom. The summed E-state index contributed by atoms with van der Waals surface area (Å²) in [6.07, 6.45) is 6.79. The topological polar surface area (TPSA) is 147 Å². The molecule has 4 amide bonds. The number of piperidine rings is 1. The molecule has 1 aliphatic carbocycles. The Balaban J connectivity index is 1.33. The van der Waals surface area contributed by atoms with Gasteiger partial charge in [0.15, 0.2) is 5.76 Å². The summed E-state index contributed by atoms with van der Waals surface area (Å²) in [5.41, 5.74) is 1.38. The van der Waals surface area contributed by atoms with Gasteiger partial charge in [-0.25, -0.2) is 0 Å². The van der Waals surface area contributed by atoms with Crippen LogP contribution in [0, 0.1) is 11.8 Å². The number of rotatable bonds is 12. The van der Waals surface area contributed by atoms with Gasteiger partial charge in [0.2, 0.25) is 17.6 Å². The van der Waals surface area contributed by atoms with Gasteiger partial charge >= 0.3 is 0 Å². The number of carbonyl (C=O) groups excluding carboxylic acids is 5. The van der Waals surface area contributed by atoms with Crippen LogP contribution in [-0.4, -0.2) is 48.0 Å². The molecule has 1 aromatic heterocycles. The Labute approximate surface area is 256 Å². The van der Waals surface area contributed by atoms with Gasteiger partial charge < -0.3 is 25.7 Å². The zero-order valence-electron chi connectivity index (χ0n) is 24.8. The third kappa shape index (κ3) is 8.12. The maximum atomic E-state index is 13.9. The molecule has 0 spiro atoms. The van der Waals surface area contributed by atoms with Gasteiger partial charge in [0.25, 0.3) is 11.8 Å². The number of amides is 4. The third-order valence-corrected chi connectivity index (χ3v) is 8.64. The molecule has 2 fully saturated rings. The molecule has 0 bridgehead atoms. The third-order valence-electron chi connectivity index (χ3n) is 8.64. The molecule has 1 aliphatic heterocycles. The highest BCUT2D eigenvalue weighted by Crippen LogP contribution is 2.28. The zero-order chi connectivity index (χ0) is 30.9. The van der Waals surface area contributed by atoms with E-state index in [0.717, 1.165) is 49.5 Å². The molecule has 232 valence electrons. The van der Waals surface area contributed by atoms with Crippen LogP contribution >= 0.6 is 0 Å². The maximum absolute atomic E-state index is 13.9. The first-order chi connectivity index (χ1) is 21.4. The number of benzene rings is 2. The Hall–Kier alpha value is -4.47. The molecule has 44 heavy (non-hydrogen) atoms. The van der Waals surface area contributed by atoms with E-state index in [2.05, 4.69) is 21.3 Å². The van der Waals surface area contributed by atoms with Gasteiger partial charge in [-0.05, 0) is 49.3 Å². The van der Waals surface area contributed by atoms with Crippen molar-refractivity contribution < 1.29 is 28.4 Å². The van der Waals surface area contributed by atoms with Crippen molar-refractivity contribution in [3.8, 4) is 0 Å². The molecule has 1 saturated carbocycles. The molecule has 5 rings (SSSR count). The normalized spacial score (nSPS) is 18.5. The molecule has 1 saturated heterocycles. The zero-order valence-corrected chi connectivity index (χ0v) is 24.8. The Bertz CT molecular complexity index is 1450. The summed E-state index contributed by atoms with van der Waals surface area (Å²) < 4.78 is 5.73. The smallest absolute Gasteiger partial charge is 0.289 e. The van der Waals surface area contributed by atoms with Gasteiger partial charge in [-0.1, -0.05) is 80.6 Å². The number of hydrogen-bond acceptors (Lipinski definition) is 6. The van der Waals surface area contributed by atoms with E-state index in [1.807, 2.05) is 48.5 Å². The van der Waals surface area contributed by atoms with E-state index < -0.39 is 41.5 Å². The standard InChI is InChI=1S/C34H40N4O6/c39-30(34(43)36-21-23-12-5-2-6-13-23)26(19-25-15-9-17-35-31(25)40)37-32(41)27(18-22-10-3-1-4-11-22)38-33(42)29-20-24-14-7-8-16-28(24)44-29/h2,5-8,12-14,16,20,22,25-27H,1,3-4,9-11,15,17-19,21H2,(H,35,40)(H,36,43)(H,37,41)(H,38,42)/t25-,26-,27+/m0/s1. The molecule has 10 heteroatoms. The van der Waals surface area contributed by atoms with Crippen LogP contribution in [0.3, 0.4) is 0 Å². The fourth-order valence-corrected chi connectivity index (χ4v) is 6.18. The van der Waals surface area contributed by atoms with Gasteiger partial charge in [0, 0.05) is 24.4 Å². The van der Waals surface area contributed by atoms with Crippen LogP contribution in [-0.2, 0) is 25.7 Å². The lowest BCUT2D eigenvalue weighted by Gasteiger charge is -2.29. The number of furan rings is 1. The molecule has 3 atom stereocenters. The monoisotopic (exact) mass is 600 g/mol. The fourth-order valence-electron chi connectivity index (χ4n) is 6.18. The summed E-state index contributed by atoms with van der Waals surface area (Å²) in [6.45, 7) is 0.697. The molecule has 0 radical (unpaired) electrons. The highest BCUT2D eigenvalue weighted by Gasteiger charge is 2.35. The number of hydrogen-bond donors (Lipinski definition) is 4. The van der Waals surface area contributed by atoms with Crippen molar-refractivity contribution in [2.45, 2.75) is 76.4 Å². The first-order valence-electron chi connectivity index (χ1n) is 15.6. The minimum Gasteiger partial charge on any atom is -0.451 e. The predicted molar refractivity (Wildman–Crippen MR) is 164 cm³/mol. The molecule has 2 heterocycles. The van der Waals surface area contributed by atoms with E-state index in [1.54, 1.807) is 12.1 Å². The molecule has 4 N–H and O–H groups in total. The van der Waals surface area contributed by atoms with Crippen molar-refractivity contribution in [1.82, 2.24) is 21.3 Å². The number of nitrogens with one attached hydrogen (secondary N) is 4. The highest BCUT2D eigenvalue weighted by molar-refractivity contribution is 6.38. The van der Waals surface area contributed by atoms with Crippen LogP contribution in [0.1, 0.15) is 73.9 Å². The van der Waals surface area contributed by atoms with E-state index >= 15 is 0 Å². The first-order valence-corrected chi connectivity index (χ1v) is 15.6. The van der Waals surface area contributed by atoms with Gasteiger partial charge in [0.1, 0.15) is 11.6 Å². The Morgan fingerprint density at radius 2 is 1.59 bits per heavy atom. The van der Waals surface area contributed by atoms with E-state index in [4.69, 9.17) is 4.42 Å². The largest absolute Gasteiger partial charge is 0.451 e. The number of carbonyl (C=O) groups is 5. The summed E-state index contributed by atoms with van der Waals surface area (Å²) in [6, 6.07) is 15.9. The van der Waals surface area contributed by atoms with Crippen molar-refractivity contribution in [1.29, 1.82) is 0 Å². The summed E-state index contributed by atoms with van der Waals surface area (Å²) >= 11 is 0.